The average molecular weight is 212 g/mol. The minimum atomic E-state index is -0.272. The van der Waals surface area contributed by atoms with Gasteiger partial charge in [0.1, 0.15) is 0 Å². The second kappa shape index (κ2) is 4.49. The van der Waals surface area contributed by atoms with Gasteiger partial charge in [0.25, 0.3) is 0 Å². The Morgan fingerprint density at radius 1 is 1.33 bits per heavy atom. The molecular weight excluding hydrogens is 192 g/mol. The lowest BCUT2D eigenvalue weighted by molar-refractivity contribution is -0.142. The van der Waals surface area contributed by atoms with Gasteiger partial charge in [0.2, 0.25) is 5.91 Å². The van der Waals surface area contributed by atoms with Gasteiger partial charge >= 0.3 is 0 Å². The third-order valence-corrected chi connectivity index (χ3v) is 3.52. The second-order valence-corrected chi connectivity index (χ2v) is 4.90. The summed E-state index contributed by atoms with van der Waals surface area (Å²) in [5, 5.41) is 9.11. The Hall–Kier alpha value is -0.610. The number of carbonyl (C=O) groups is 1. The summed E-state index contributed by atoms with van der Waals surface area (Å²) in [6, 6.07) is 0. The molecule has 2 aliphatic heterocycles. The van der Waals surface area contributed by atoms with Crippen LogP contribution in [0.3, 0.4) is 0 Å². The molecule has 4 heteroatoms. The second-order valence-electron chi connectivity index (χ2n) is 4.90. The molecule has 0 bridgehead atoms. The molecule has 0 aromatic rings. The van der Waals surface area contributed by atoms with E-state index in [9.17, 15) is 4.79 Å². The number of nitrogens with zero attached hydrogens (tertiary/aromatic N) is 2. The van der Waals surface area contributed by atoms with E-state index in [0.717, 1.165) is 25.9 Å². The van der Waals surface area contributed by atoms with E-state index in [1.807, 2.05) is 0 Å². The Labute approximate surface area is 90.9 Å². The fourth-order valence-corrected chi connectivity index (χ4v) is 2.30. The Morgan fingerprint density at radius 3 is 2.47 bits per heavy atom. The largest absolute Gasteiger partial charge is 0.389 e. The molecule has 0 aromatic carbocycles. The normalized spacial score (nSPS) is 25.3. The van der Waals surface area contributed by atoms with Gasteiger partial charge in [-0.3, -0.25) is 4.79 Å². The van der Waals surface area contributed by atoms with Crippen LogP contribution in [0.1, 0.15) is 19.3 Å². The van der Waals surface area contributed by atoms with Crippen LogP contribution in [0, 0.1) is 5.92 Å². The van der Waals surface area contributed by atoms with Gasteiger partial charge in [-0.25, -0.2) is 0 Å². The molecule has 1 amide bonds. The third-order valence-electron chi connectivity index (χ3n) is 3.52. The predicted octanol–water partition coefficient (Wildman–Crippen LogP) is -0.0786. The van der Waals surface area contributed by atoms with Gasteiger partial charge in [-0.1, -0.05) is 0 Å². The van der Waals surface area contributed by atoms with E-state index in [1.54, 1.807) is 4.90 Å². The number of aliphatic hydroxyl groups is 1. The lowest BCUT2D eigenvalue weighted by Gasteiger charge is -2.37. The molecule has 2 rings (SSSR count). The highest BCUT2D eigenvalue weighted by Crippen LogP contribution is 2.21. The minimum Gasteiger partial charge on any atom is -0.389 e. The summed E-state index contributed by atoms with van der Waals surface area (Å²) in [5.74, 6) is 0.793. The van der Waals surface area contributed by atoms with Crippen molar-refractivity contribution in [1.82, 2.24) is 9.80 Å². The van der Waals surface area contributed by atoms with E-state index in [-0.39, 0.29) is 12.0 Å². The molecule has 2 aliphatic rings. The van der Waals surface area contributed by atoms with E-state index in [0.29, 0.717) is 25.4 Å². The molecule has 0 aliphatic carbocycles. The molecule has 2 heterocycles. The number of aliphatic hydroxyl groups excluding tert-OH is 1. The molecule has 0 atom stereocenters. The molecular formula is C11H20N2O2. The molecule has 0 unspecified atom stereocenters. The first-order valence-electron chi connectivity index (χ1n) is 5.79. The zero-order chi connectivity index (χ0) is 10.8. The summed E-state index contributed by atoms with van der Waals surface area (Å²) in [5.41, 5.74) is 0. The lowest BCUT2D eigenvalue weighted by Crippen LogP contribution is -2.54. The molecule has 2 saturated heterocycles. The zero-order valence-electron chi connectivity index (χ0n) is 9.35. The van der Waals surface area contributed by atoms with Crippen LogP contribution in [-0.4, -0.2) is 60.1 Å². The van der Waals surface area contributed by atoms with Crippen molar-refractivity contribution < 1.29 is 9.90 Å². The summed E-state index contributed by atoms with van der Waals surface area (Å²) in [6.07, 6.45) is 2.68. The number of carbonyl (C=O) groups excluding carboxylic acids is 1. The Balaban J connectivity index is 1.70. The molecule has 0 radical (unpaired) electrons. The van der Waals surface area contributed by atoms with E-state index >= 15 is 0 Å². The van der Waals surface area contributed by atoms with Crippen LogP contribution in [0.4, 0.5) is 0 Å². The fourth-order valence-electron chi connectivity index (χ4n) is 2.30. The maximum absolute atomic E-state index is 11.7. The van der Waals surface area contributed by atoms with Gasteiger partial charge in [-0.15, -0.1) is 0 Å². The van der Waals surface area contributed by atoms with Crippen LogP contribution < -0.4 is 0 Å². The molecule has 1 N–H and O–H groups in total. The topological polar surface area (TPSA) is 43.8 Å². The molecule has 86 valence electrons. The molecule has 0 saturated carbocycles. The summed E-state index contributed by atoms with van der Waals surface area (Å²) in [7, 11) is 2.13. The number of likely N-dealkylation sites (tertiary alicyclic amines) is 2. The van der Waals surface area contributed by atoms with Crippen molar-refractivity contribution in [3.8, 4) is 0 Å². The number of hydrogen-bond donors (Lipinski definition) is 1. The molecule has 4 nitrogen and oxygen atoms in total. The van der Waals surface area contributed by atoms with Crippen LogP contribution in [0.2, 0.25) is 0 Å². The van der Waals surface area contributed by atoms with Crippen molar-refractivity contribution in [3.05, 3.63) is 0 Å². The first kappa shape index (κ1) is 10.9. The zero-order valence-corrected chi connectivity index (χ0v) is 9.35. The van der Waals surface area contributed by atoms with Gasteiger partial charge < -0.3 is 14.9 Å². The highest BCUT2D eigenvalue weighted by molar-refractivity contribution is 5.77. The van der Waals surface area contributed by atoms with Crippen molar-refractivity contribution in [3.63, 3.8) is 0 Å². The van der Waals surface area contributed by atoms with E-state index in [2.05, 4.69) is 11.9 Å². The van der Waals surface area contributed by atoms with Gasteiger partial charge in [0.15, 0.2) is 0 Å². The maximum atomic E-state index is 11.7. The first-order chi connectivity index (χ1) is 7.15. The summed E-state index contributed by atoms with van der Waals surface area (Å²) < 4.78 is 0. The summed E-state index contributed by atoms with van der Waals surface area (Å²) in [4.78, 5) is 15.8. The molecule has 2 fully saturated rings. The van der Waals surface area contributed by atoms with Crippen molar-refractivity contribution in [2.75, 3.05) is 33.2 Å². The van der Waals surface area contributed by atoms with Crippen LogP contribution >= 0.6 is 0 Å². The van der Waals surface area contributed by atoms with E-state index in [1.165, 1.54) is 0 Å². The number of piperidine rings is 1. The highest BCUT2D eigenvalue weighted by Gasteiger charge is 2.30. The quantitative estimate of drug-likeness (QED) is 0.696. The minimum absolute atomic E-state index is 0.231. The van der Waals surface area contributed by atoms with Gasteiger partial charge in [-0.05, 0) is 38.9 Å². The van der Waals surface area contributed by atoms with Crippen molar-refractivity contribution >= 4 is 5.91 Å². The van der Waals surface area contributed by atoms with Crippen molar-refractivity contribution in [1.29, 1.82) is 0 Å². The number of β-amino-alcohol motifs (C(OH)–C–C–N with tert-alkyl or cyclic N) is 1. The Bertz CT molecular complexity index is 231. The summed E-state index contributed by atoms with van der Waals surface area (Å²) >= 11 is 0. The van der Waals surface area contributed by atoms with Crippen LogP contribution in [0.5, 0.6) is 0 Å². The van der Waals surface area contributed by atoms with Crippen LogP contribution in [-0.2, 0) is 4.79 Å². The average Bonchev–Trinajstić information content (AvgIpc) is 2.17. The third kappa shape index (κ3) is 2.69. The van der Waals surface area contributed by atoms with Crippen molar-refractivity contribution in [2.24, 2.45) is 5.92 Å². The predicted molar refractivity (Wildman–Crippen MR) is 57.4 cm³/mol. The molecule has 0 aromatic heterocycles. The van der Waals surface area contributed by atoms with Crippen molar-refractivity contribution in [2.45, 2.75) is 25.4 Å². The Morgan fingerprint density at radius 2 is 1.93 bits per heavy atom. The molecule has 15 heavy (non-hydrogen) atoms. The van der Waals surface area contributed by atoms with Crippen LogP contribution in [0.25, 0.3) is 0 Å². The maximum Gasteiger partial charge on any atom is 0.223 e. The fraction of sp³-hybridized carbons (Fsp3) is 0.909. The first-order valence-corrected chi connectivity index (χ1v) is 5.79. The smallest absolute Gasteiger partial charge is 0.223 e. The standard InChI is InChI=1S/C11H20N2O2/c1-12-4-2-9(3-5-12)6-11(15)13-7-10(14)8-13/h9-10,14H,2-8H2,1H3. The van der Waals surface area contributed by atoms with Gasteiger partial charge in [0, 0.05) is 19.5 Å². The number of rotatable bonds is 2. The van der Waals surface area contributed by atoms with E-state index < -0.39 is 0 Å². The monoisotopic (exact) mass is 212 g/mol. The summed E-state index contributed by atoms with van der Waals surface area (Å²) in [6.45, 7) is 3.32. The highest BCUT2D eigenvalue weighted by atomic mass is 16.3. The number of hydrogen-bond acceptors (Lipinski definition) is 3. The Kier molecular flexibility index (Phi) is 3.26. The number of amides is 1. The van der Waals surface area contributed by atoms with Gasteiger partial charge in [-0.2, -0.15) is 0 Å². The SMILES string of the molecule is CN1CCC(CC(=O)N2CC(O)C2)CC1. The van der Waals surface area contributed by atoms with E-state index in [4.69, 9.17) is 5.11 Å². The van der Waals surface area contributed by atoms with Crippen LogP contribution in [0.15, 0.2) is 0 Å². The molecule has 0 spiro atoms. The lowest BCUT2D eigenvalue weighted by atomic mass is 9.92. The van der Waals surface area contributed by atoms with Gasteiger partial charge in [0.05, 0.1) is 6.10 Å².